The van der Waals surface area contributed by atoms with Crippen molar-refractivity contribution in [2.75, 3.05) is 39.6 Å². The van der Waals surface area contributed by atoms with Gasteiger partial charge in [0.15, 0.2) is 12.2 Å². The molecule has 6 atom stereocenters. The zero-order valence-electron chi connectivity index (χ0n) is 69.4. The van der Waals surface area contributed by atoms with Gasteiger partial charge < -0.3 is 33.8 Å². The summed E-state index contributed by atoms with van der Waals surface area (Å²) in [4.78, 5) is 73.2. The molecule has 4 unspecified atom stereocenters. The number of hydrogen-bond donors (Lipinski definition) is 3. The Bertz CT molecular complexity index is 2140. The highest BCUT2D eigenvalue weighted by molar-refractivity contribution is 7.47. The Kier molecular flexibility index (Phi) is 74.7. The average molecular weight is 1550 g/mol. The second kappa shape index (κ2) is 76.5. The highest BCUT2D eigenvalue weighted by atomic mass is 31.2. The van der Waals surface area contributed by atoms with E-state index < -0.39 is 97.5 Å². The molecule has 0 heterocycles. The molecule has 0 radical (unpaired) electrons. The molecular formula is C87H166O17P2. The lowest BCUT2D eigenvalue weighted by molar-refractivity contribution is -0.161. The Hall–Kier alpha value is -2.46. The van der Waals surface area contributed by atoms with Crippen LogP contribution in [0, 0.1) is 17.8 Å². The van der Waals surface area contributed by atoms with Crippen LogP contribution in [0.1, 0.15) is 434 Å². The second-order valence-corrected chi connectivity index (χ2v) is 34.7. The van der Waals surface area contributed by atoms with Crippen molar-refractivity contribution in [1.29, 1.82) is 0 Å². The lowest BCUT2D eigenvalue weighted by Gasteiger charge is -2.21. The van der Waals surface area contributed by atoms with Crippen LogP contribution in [0.2, 0.25) is 0 Å². The molecule has 19 heteroatoms. The number of phosphoric ester groups is 2. The number of unbranched alkanes of at least 4 members (excludes halogenated alkanes) is 47. The smallest absolute Gasteiger partial charge is 0.462 e. The van der Waals surface area contributed by atoms with E-state index in [-0.39, 0.29) is 25.7 Å². The third-order valence-electron chi connectivity index (χ3n) is 20.1. The van der Waals surface area contributed by atoms with Gasteiger partial charge in [0.05, 0.1) is 26.4 Å². The molecule has 0 spiro atoms. The number of ether oxygens (including phenoxy) is 4. The number of rotatable bonds is 83. The van der Waals surface area contributed by atoms with Crippen LogP contribution in [0.15, 0.2) is 24.3 Å². The molecule has 17 nitrogen and oxygen atoms in total. The number of carbonyl (C=O) groups excluding carboxylic acids is 4. The van der Waals surface area contributed by atoms with Crippen molar-refractivity contribution in [3.05, 3.63) is 24.3 Å². The van der Waals surface area contributed by atoms with Crippen molar-refractivity contribution in [3.8, 4) is 0 Å². The van der Waals surface area contributed by atoms with Gasteiger partial charge in [-0.25, -0.2) is 9.13 Å². The Morgan fingerprint density at radius 3 is 0.840 bits per heavy atom. The maximum Gasteiger partial charge on any atom is 0.472 e. The molecule has 0 aromatic rings. The van der Waals surface area contributed by atoms with Crippen LogP contribution in [0.25, 0.3) is 0 Å². The fourth-order valence-corrected chi connectivity index (χ4v) is 14.6. The monoisotopic (exact) mass is 1550 g/mol. The highest BCUT2D eigenvalue weighted by Crippen LogP contribution is 2.45. The minimum Gasteiger partial charge on any atom is -0.462 e. The lowest BCUT2D eigenvalue weighted by Crippen LogP contribution is -2.30. The van der Waals surface area contributed by atoms with E-state index in [1.807, 2.05) is 0 Å². The number of hydrogen-bond acceptors (Lipinski definition) is 15. The molecule has 3 N–H and O–H groups in total. The van der Waals surface area contributed by atoms with E-state index in [0.717, 1.165) is 121 Å². The van der Waals surface area contributed by atoms with Crippen LogP contribution in [0.4, 0.5) is 0 Å². The summed E-state index contributed by atoms with van der Waals surface area (Å²) >= 11 is 0. The zero-order chi connectivity index (χ0) is 77.9. The Labute approximate surface area is 650 Å². The molecule has 0 aromatic heterocycles. The van der Waals surface area contributed by atoms with Crippen molar-refractivity contribution >= 4 is 39.5 Å². The molecule has 0 aliphatic carbocycles. The lowest BCUT2D eigenvalue weighted by atomic mass is 9.99. The summed E-state index contributed by atoms with van der Waals surface area (Å²) in [6.07, 6.45) is 70.4. The predicted molar refractivity (Wildman–Crippen MR) is 437 cm³/mol. The van der Waals surface area contributed by atoms with Crippen molar-refractivity contribution in [2.24, 2.45) is 17.8 Å². The molecule has 0 bridgehead atoms. The van der Waals surface area contributed by atoms with Gasteiger partial charge in [-0.15, -0.1) is 0 Å². The molecule has 0 saturated carbocycles. The van der Waals surface area contributed by atoms with E-state index in [1.165, 1.54) is 225 Å². The van der Waals surface area contributed by atoms with Crippen LogP contribution >= 0.6 is 15.6 Å². The molecule has 0 amide bonds. The van der Waals surface area contributed by atoms with Crippen molar-refractivity contribution in [3.63, 3.8) is 0 Å². The maximum absolute atomic E-state index is 13.2. The van der Waals surface area contributed by atoms with Gasteiger partial charge in [-0.05, 0) is 69.1 Å². The van der Waals surface area contributed by atoms with Gasteiger partial charge >= 0.3 is 39.5 Å². The van der Waals surface area contributed by atoms with E-state index in [0.29, 0.717) is 31.6 Å². The first-order chi connectivity index (χ1) is 51.3. The number of carbonyl (C=O) groups is 4. The first kappa shape index (κ1) is 104. The Morgan fingerprint density at radius 2 is 0.557 bits per heavy atom. The van der Waals surface area contributed by atoms with E-state index >= 15 is 0 Å². The molecule has 0 aromatic carbocycles. The van der Waals surface area contributed by atoms with Crippen LogP contribution in [0.3, 0.4) is 0 Å². The minimum atomic E-state index is -4.97. The summed E-state index contributed by atoms with van der Waals surface area (Å²) in [6.45, 7) is 11.9. The largest absolute Gasteiger partial charge is 0.472 e. The number of esters is 4. The molecule has 626 valence electrons. The van der Waals surface area contributed by atoms with E-state index in [1.54, 1.807) is 0 Å². The second-order valence-electron chi connectivity index (χ2n) is 31.8. The Morgan fingerprint density at radius 1 is 0.311 bits per heavy atom. The van der Waals surface area contributed by atoms with E-state index in [4.69, 9.17) is 37.0 Å². The molecular weight excluding hydrogens is 1380 g/mol. The predicted octanol–water partition coefficient (Wildman–Crippen LogP) is 26.0. The molecule has 0 aliphatic rings. The third kappa shape index (κ3) is 78.2. The highest BCUT2D eigenvalue weighted by Gasteiger charge is 2.30. The van der Waals surface area contributed by atoms with E-state index in [9.17, 15) is 43.2 Å². The zero-order valence-corrected chi connectivity index (χ0v) is 71.2. The third-order valence-corrected chi connectivity index (χ3v) is 22.0. The summed E-state index contributed by atoms with van der Waals surface area (Å²) in [6, 6.07) is 0. The van der Waals surface area contributed by atoms with Crippen molar-refractivity contribution in [2.45, 2.75) is 452 Å². The molecule has 0 rings (SSSR count). The van der Waals surface area contributed by atoms with Gasteiger partial charge in [0.1, 0.15) is 19.3 Å². The van der Waals surface area contributed by atoms with Crippen LogP contribution in [-0.2, 0) is 65.4 Å². The normalized spacial score (nSPS) is 14.3. The van der Waals surface area contributed by atoms with Crippen molar-refractivity contribution in [1.82, 2.24) is 0 Å². The number of phosphoric acid groups is 2. The van der Waals surface area contributed by atoms with Gasteiger partial charge in [-0.3, -0.25) is 37.3 Å². The van der Waals surface area contributed by atoms with E-state index in [2.05, 4.69) is 72.8 Å². The van der Waals surface area contributed by atoms with Crippen LogP contribution in [0.5, 0.6) is 0 Å². The summed E-state index contributed by atoms with van der Waals surface area (Å²) in [5.74, 6) is 0.247. The van der Waals surface area contributed by atoms with Gasteiger partial charge in [0.25, 0.3) is 0 Å². The minimum absolute atomic E-state index is 0.0843. The fourth-order valence-electron chi connectivity index (χ4n) is 13.0. The molecule has 0 fully saturated rings. The molecule has 106 heavy (non-hydrogen) atoms. The summed E-state index contributed by atoms with van der Waals surface area (Å²) in [5.41, 5.74) is 0. The standard InChI is InChI=1S/C87H166O17P2/c1-8-10-11-12-13-14-15-16-23-31-36-41-48-56-63-70-87(92)104-83(75-98-85(90)69-62-55-50-43-45-52-59-66-79(5)6)77-102-106(95,96)100-73-81(88)72-99-105(93,94)101-76-82(74-97-84(89)68-61-54-47-40-35-30-26-22-21-24-28-33-38-44-51-58-65-78(3)4)103-86(91)71-64-57-49-42-37-32-27-20-18-17-19-25-29-34-39-46-53-60-67-80(7)9-2/h14-16,23,78-83,88H,8-13,17-22,24-77H2,1-7H3,(H,93,94)(H,95,96)/b15-14-,23-16-/t80?,81?,82-,83-/m1/s1. The fraction of sp³-hybridized carbons (Fsp3) is 0.908. The number of aliphatic hydroxyl groups is 1. The van der Waals surface area contributed by atoms with Crippen LogP contribution < -0.4 is 0 Å². The number of aliphatic hydroxyl groups excluding tert-OH is 1. The summed E-state index contributed by atoms with van der Waals surface area (Å²) in [7, 11) is -9.94. The number of allylic oxidation sites excluding steroid dienone is 4. The summed E-state index contributed by atoms with van der Waals surface area (Å²) in [5, 5.41) is 10.7. The van der Waals surface area contributed by atoms with Crippen LogP contribution in [-0.4, -0.2) is 96.7 Å². The van der Waals surface area contributed by atoms with Gasteiger partial charge in [-0.2, -0.15) is 0 Å². The first-order valence-electron chi connectivity index (χ1n) is 44.2. The molecule has 0 saturated heterocycles. The quantitative estimate of drug-likeness (QED) is 0.0169. The van der Waals surface area contributed by atoms with Gasteiger partial charge in [0, 0.05) is 25.7 Å². The van der Waals surface area contributed by atoms with Gasteiger partial charge in [-0.1, -0.05) is 381 Å². The summed E-state index contributed by atoms with van der Waals surface area (Å²) < 4.78 is 68.8. The maximum atomic E-state index is 13.2. The SMILES string of the molecule is CCCCCC/C=C\C=C/CCCCCCCC(=O)O[C@H](COC(=O)CCCCCCCCCC(C)C)COP(=O)(O)OCC(O)COP(=O)(O)OC[C@@H](COC(=O)CCCCCCCCCCCCCCCCCCC(C)C)OC(=O)CCCCCCCCCCCCCCCCCCCCC(C)CC. The average Bonchev–Trinajstić information content (AvgIpc) is 0.903. The first-order valence-corrected chi connectivity index (χ1v) is 47.2. The van der Waals surface area contributed by atoms with Crippen molar-refractivity contribution < 1.29 is 80.2 Å². The van der Waals surface area contributed by atoms with Gasteiger partial charge in [0.2, 0.25) is 0 Å². The topological polar surface area (TPSA) is 237 Å². The Balaban J connectivity index is 5.25. The molecule has 0 aliphatic heterocycles.